The van der Waals surface area contributed by atoms with Crippen molar-refractivity contribution < 1.29 is 4.42 Å². The Morgan fingerprint density at radius 1 is 0.347 bits per heavy atom. The van der Waals surface area contributed by atoms with Gasteiger partial charge in [0.2, 0.25) is 0 Å². The van der Waals surface area contributed by atoms with E-state index in [9.17, 15) is 0 Å². The van der Waals surface area contributed by atoms with Gasteiger partial charge in [0, 0.05) is 28.1 Å². The lowest BCUT2D eigenvalue weighted by Gasteiger charge is -2.29. The molecule has 0 bridgehead atoms. The second kappa shape index (κ2) is 12.2. The first-order chi connectivity index (χ1) is 24.3. The fourth-order valence-corrected chi connectivity index (χ4v) is 7.01. The Morgan fingerprint density at radius 2 is 0.857 bits per heavy atom. The van der Waals surface area contributed by atoms with E-state index in [2.05, 4.69) is 204 Å². The molecule has 1 heterocycles. The molecule has 0 spiro atoms. The van der Waals surface area contributed by atoms with Gasteiger partial charge in [0.25, 0.3) is 0 Å². The molecule has 0 amide bonds. The predicted octanol–water partition coefficient (Wildman–Crippen LogP) is 13.3. The van der Waals surface area contributed by atoms with Crippen LogP contribution in [0.1, 0.15) is 0 Å². The Bertz CT molecular complexity index is 2500. The Labute approximate surface area is 285 Å². The first-order valence-corrected chi connectivity index (χ1v) is 16.6. The number of hydrogen-bond acceptors (Lipinski definition) is 3. The summed E-state index contributed by atoms with van der Waals surface area (Å²) < 4.78 is 7.02. The second-order valence-corrected chi connectivity index (χ2v) is 12.2. The monoisotopic (exact) mass is 628 g/mol. The van der Waals surface area contributed by atoms with Gasteiger partial charge in [-0.3, -0.25) is 0 Å². The van der Waals surface area contributed by atoms with Crippen molar-refractivity contribution in [3.05, 3.63) is 194 Å². The lowest BCUT2D eigenvalue weighted by molar-refractivity contribution is 0.669. The molecular formula is C46H32N2O. The number of hydrogen-bond donors (Lipinski definition) is 0. The van der Waals surface area contributed by atoms with Crippen molar-refractivity contribution in [2.24, 2.45) is 0 Å². The molecule has 49 heavy (non-hydrogen) atoms. The van der Waals surface area contributed by atoms with Gasteiger partial charge in [-0.2, -0.15) is 0 Å². The highest BCUT2D eigenvalue weighted by Crippen LogP contribution is 2.50. The minimum Gasteiger partial charge on any atom is -0.454 e. The van der Waals surface area contributed by atoms with Crippen LogP contribution in [0.25, 0.3) is 43.8 Å². The highest BCUT2D eigenvalue weighted by molar-refractivity contribution is 6.25. The number of rotatable bonds is 7. The van der Waals surface area contributed by atoms with E-state index in [1.54, 1.807) is 0 Å². The molecule has 0 fully saturated rings. The van der Waals surface area contributed by atoms with Crippen LogP contribution < -0.4 is 9.80 Å². The summed E-state index contributed by atoms with van der Waals surface area (Å²) >= 11 is 0. The number of furan rings is 1. The third kappa shape index (κ3) is 5.09. The third-order valence-electron chi connectivity index (χ3n) is 9.20. The van der Waals surface area contributed by atoms with Crippen LogP contribution in [0.15, 0.2) is 199 Å². The summed E-state index contributed by atoms with van der Waals surface area (Å²) in [6.07, 6.45) is 0. The van der Waals surface area contributed by atoms with E-state index in [0.29, 0.717) is 0 Å². The van der Waals surface area contributed by atoms with Gasteiger partial charge in [0.15, 0.2) is 5.58 Å². The molecule has 0 saturated carbocycles. The molecule has 9 aromatic rings. The lowest BCUT2D eigenvalue weighted by atomic mass is 10.0. The van der Waals surface area contributed by atoms with Gasteiger partial charge >= 0.3 is 0 Å². The van der Waals surface area contributed by atoms with E-state index in [0.717, 1.165) is 67.0 Å². The van der Waals surface area contributed by atoms with Crippen LogP contribution in [0.4, 0.5) is 34.1 Å². The molecule has 0 unspecified atom stereocenters. The minimum absolute atomic E-state index is 0.828. The molecule has 0 N–H and O–H groups in total. The molecule has 8 aromatic carbocycles. The molecule has 0 saturated heterocycles. The average Bonchev–Trinajstić information content (AvgIpc) is 3.58. The summed E-state index contributed by atoms with van der Waals surface area (Å²) in [4.78, 5) is 4.66. The fraction of sp³-hybridized carbons (Fsp3) is 0. The molecule has 9 rings (SSSR count). The summed E-state index contributed by atoms with van der Waals surface area (Å²) in [5, 5.41) is 4.51. The van der Waals surface area contributed by atoms with Gasteiger partial charge < -0.3 is 14.2 Å². The van der Waals surface area contributed by atoms with Crippen molar-refractivity contribution in [2.75, 3.05) is 9.80 Å². The van der Waals surface area contributed by atoms with Gasteiger partial charge in [-0.25, -0.2) is 0 Å². The molecule has 0 aliphatic rings. The van der Waals surface area contributed by atoms with Crippen molar-refractivity contribution in [2.45, 2.75) is 0 Å². The molecular weight excluding hydrogens is 597 g/mol. The molecule has 0 radical (unpaired) electrons. The Kier molecular flexibility index (Phi) is 7.14. The van der Waals surface area contributed by atoms with Crippen molar-refractivity contribution in [3.8, 4) is 11.1 Å². The molecule has 3 heteroatoms. The smallest absolute Gasteiger partial charge is 0.161 e. The summed E-state index contributed by atoms with van der Waals surface area (Å²) in [5.41, 5.74) is 10.3. The third-order valence-corrected chi connectivity index (χ3v) is 9.20. The average molecular weight is 629 g/mol. The van der Waals surface area contributed by atoms with Crippen LogP contribution in [-0.2, 0) is 0 Å². The van der Waals surface area contributed by atoms with Gasteiger partial charge in [0.05, 0.1) is 16.8 Å². The van der Waals surface area contributed by atoms with E-state index in [-0.39, 0.29) is 0 Å². The normalized spacial score (nSPS) is 11.3. The van der Waals surface area contributed by atoms with Crippen LogP contribution in [0, 0.1) is 0 Å². The predicted molar refractivity (Wildman–Crippen MR) is 206 cm³/mol. The summed E-state index contributed by atoms with van der Waals surface area (Å²) in [6, 6.07) is 68.3. The van der Waals surface area contributed by atoms with Crippen molar-refractivity contribution in [1.82, 2.24) is 0 Å². The van der Waals surface area contributed by atoms with Crippen LogP contribution in [0.2, 0.25) is 0 Å². The van der Waals surface area contributed by atoms with Crippen molar-refractivity contribution in [3.63, 3.8) is 0 Å². The zero-order valence-corrected chi connectivity index (χ0v) is 26.8. The van der Waals surface area contributed by atoms with Crippen LogP contribution in [-0.4, -0.2) is 0 Å². The maximum atomic E-state index is 7.02. The van der Waals surface area contributed by atoms with E-state index < -0.39 is 0 Å². The maximum absolute atomic E-state index is 7.02. The summed E-state index contributed by atoms with van der Waals surface area (Å²) in [5.74, 6) is 0. The van der Waals surface area contributed by atoms with Crippen molar-refractivity contribution in [1.29, 1.82) is 0 Å². The SMILES string of the molecule is c1ccc(-c2cccc(N(c3ccccc3)c3ccc(N(c4ccccc4)c4ccccc4)c4c3oc3ccc5ccccc5c34)c2)cc1. The van der Waals surface area contributed by atoms with Crippen LogP contribution >= 0.6 is 0 Å². The Morgan fingerprint density at radius 3 is 1.51 bits per heavy atom. The highest BCUT2D eigenvalue weighted by atomic mass is 16.3. The topological polar surface area (TPSA) is 19.6 Å². The van der Waals surface area contributed by atoms with Gasteiger partial charge in [0.1, 0.15) is 5.58 Å². The van der Waals surface area contributed by atoms with Crippen LogP contribution in [0.5, 0.6) is 0 Å². The first kappa shape index (κ1) is 28.6. The largest absolute Gasteiger partial charge is 0.454 e. The van der Waals surface area contributed by atoms with E-state index in [1.807, 2.05) is 0 Å². The molecule has 0 atom stereocenters. The highest BCUT2D eigenvalue weighted by Gasteiger charge is 2.26. The zero-order chi connectivity index (χ0) is 32.6. The number of benzene rings is 8. The molecule has 0 aliphatic carbocycles. The van der Waals surface area contributed by atoms with Gasteiger partial charge in [-0.15, -0.1) is 0 Å². The van der Waals surface area contributed by atoms with Gasteiger partial charge in [-0.1, -0.05) is 127 Å². The zero-order valence-electron chi connectivity index (χ0n) is 26.8. The van der Waals surface area contributed by atoms with Crippen LogP contribution in [0.3, 0.4) is 0 Å². The van der Waals surface area contributed by atoms with Gasteiger partial charge in [-0.05, 0) is 88.6 Å². The quantitative estimate of drug-likeness (QED) is 0.175. The maximum Gasteiger partial charge on any atom is 0.161 e. The fourth-order valence-electron chi connectivity index (χ4n) is 7.01. The number of fused-ring (bicyclic) bond motifs is 5. The standard InChI is InChI=1S/C46H32N2O/c1-5-16-33(17-6-1)35-19-15-26-39(32-35)48(38-24-11-4-12-25-38)42-30-29-41(47(36-20-7-2-8-21-36)37-22-9-3-10-23-37)45-44-40-27-14-13-18-34(40)28-31-43(44)49-46(42)45/h1-32H. The molecule has 232 valence electrons. The molecule has 1 aromatic heterocycles. The summed E-state index contributed by atoms with van der Waals surface area (Å²) in [6.45, 7) is 0. The Hall–Kier alpha value is -6.58. The second-order valence-electron chi connectivity index (χ2n) is 12.2. The number of anilines is 6. The Balaban J connectivity index is 1.37. The first-order valence-electron chi connectivity index (χ1n) is 16.6. The van der Waals surface area contributed by atoms with E-state index in [1.165, 1.54) is 10.9 Å². The number of nitrogens with zero attached hydrogens (tertiary/aromatic N) is 2. The minimum atomic E-state index is 0.828. The lowest BCUT2D eigenvalue weighted by Crippen LogP contribution is -2.13. The van der Waals surface area contributed by atoms with E-state index in [4.69, 9.17) is 4.42 Å². The van der Waals surface area contributed by atoms with E-state index >= 15 is 0 Å². The molecule has 3 nitrogen and oxygen atoms in total. The van der Waals surface area contributed by atoms with Crippen molar-refractivity contribution >= 4 is 66.8 Å². The summed E-state index contributed by atoms with van der Waals surface area (Å²) in [7, 11) is 0. The molecule has 0 aliphatic heterocycles. The number of para-hydroxylation sites is 3.